The number of hydrogen-bond donors (Lipinski definition) is 0. The fourth-order valence-corrected chi connectivity index (χ4v) is 2.00. The zero-order valence-corrected chi connectivity index (χ0v) is 11.9. The van der Waals surface area contributed by atoms with Gasteiger partial charge in [-0.1, -0.05) is 23.7 Å². The van der Waals surface area contributed by atoms with E-state index in [0.717, 1.165) is 5.56 Å². The van der Waals surface area contributed by atoms with Gasteiger partial charge in [-0.15, -0.1) is 11.6 Å². The molecule has 0 unspecified atom stereocenters. The van der Waals surface area contributed by atoms with Crippen molar-refractivity contribution in [2.45, 2.75) is 12.8 Å². The van der Waals surface area contributed by atoms with Crippen molar-refractivity contribution in [2.24, 2.45) is 0 Å². The molecule has 1 aromatic carbocycles. The van der Waals surface area contributed by atoms with Gasteiger partial charge in [0.2, 0.25) is 5.88 Å². The second-order valence-corrected chi connectivity index (χ2v) is 4.40. The highest BCUT2D eigenvalue weighted by atomic mass is 35.5. The highest BCUT2D eigenvalue weighted by Crippen LogP contribution is 2.31. The summed E-state index contributed by atoms with van der Waals surface area (Å²) in [5, 5.41) is 0.528. The minimum Gasteiger partial charge on any atom is -0.490 e. The van der Waals surface area contributed by atoms with E-state index in [1.807, 2.05) is 31.2 Å². The molecule has 0 aliphatic heterocycles. The molecule has 1 heterocycles. The summed E-state index contributed by atoms with van der Waals surface area (Å²) >= 11 is 11.7. The number of para-hydroxylation sites is 2. The molecule has 2 rings (SSSR count). The third-order valence-corrected chi connectivity index (χ3v) is 3.05. The van der Waals surface area contributed by atoms with Crippen molar-refractivity contribution in [3.05, 3.63) is 47.1 Å². The molecule has 0 radical (unpaired) electrons. The van der Waals surface area contributed by atoms with Gasteiger partial charge in [0, 0.05) is 18.1 Å². The standard InChI is InChI=1S/C14H13Cl2NO2/c1-2-18-12-5-3-4-6-13(12)19-14-7-10(8-15)11(16)9-17-14/h3-7,9H,2,8H2,1H3. The van der Waals surface area contributed by atoms with Crippen molar-refractivity contribution in [1.82, 2.24) is 4.98 Å². The molecule has 0 atom stereocenters. The van der Waals surface area contributed by atoms with Gasteiger partial charge in [0.25, 0.3) is 0 Å². The van der Waals surface area contributed by atoms with Crippen molar-refractivity contribution in [3.8, 4) is 17.4 Å². The fourth-order valence-electron chi connectivity index (χ4n) is 1.54. The molecule has 2 aromatic rings. The molecule has 5 heteroatoms. The lowest BCUT2D eigenvalue weighted by molar-refractivity contribution is 0.319. The van der Waals surface area contributed by atoms with Crippen LogP contribution in [0.4, 0.5) is 0 Å². The Kier molecular flexibility index (Phi) is 4.88. The first-order valence-electron chi connectivity index (χ1n) is 5.84. The van der Waals surface area contributed by atoms with Gasteiger partial charge >= 0.3 is 0 Å². The minimum absolute atomic E-state index is 0.310. The molecule has 0 spiro atoms. The van der Waals surface area contributed by atoms with Gasteiger partial charge in [0.05, 0.1) is 11.6 Å². The van der Waals surface area contributed by atoms with Crippen LogP contribution in [-0.2, 0) is 5.88 Å². The van der Waals surface area contributed by atoms with E-state index in [1.165, 1.54) is 6.20 Å². The van der Waals surface area contributed by atoms with Crippen LogP contribution in [0.2, 0.25) is 5.02 Å². The van der Waals surface area contributed by atoms with E-state index >= 15 is 0 Å². The number of alkyl halides is 1. The van der Waals surface area contributed by atoms with E-state index in [9.17, 15) is 0 Å². The van der Waals surface area contributed by atoms with Crippen LogP contribution < -0.4 is 9.47 Å². The lowest BCUT2D eigenvalue weighted by Crippen LogP contribution is -1.96. The highest BCUT2D eigenvalue weighted by molar-refractivity contribution is 6.32. The van der Waals surface area contributed by atoms with Crippen molar-refractivity contribution in [3.63, 3.8) is 0 Å². The van der Waals surface area contributed by atoms with E-state index in [-0.39, 0.29) is 0 Å². The predicted molar refractivity (Wildman–Crippen MR) is 76.5 cm³/mol. The van der Waals surface area contributed by atoms with Crippen LogP contribution >= 0.6 is 23.2 Å². The van der Waals surface area contributed by atoms with Gasteiger partial charge in [0.1, 0.15) is 0 Å². The summed E-state index contributed by atoms with van der Waals surface area (Å²) < 4.78 is 11.2. The van der Waals surface area contributed by atoms with Crippen molar-refractivity contribution >= 4 is 23.2 Å². The van der Waals surface area contributed by atoms with E-state index in [4.69, 9.17) is 32.7 Å². The van der Waals surface area contributed by atoms with Crippen LogP contribution in [0.1, 0.15) is 12.5 Å². The van der Waals surface area contributed by atoms with E-state index < -0.39 is 0 Å². The number of rotatable bonds is 5. The Hall–Kier alpha value is -1.45. The molecule has 0 N–H and O–H groups in total. The number of benzene rings is 1. The summed E-state index contributed by atoms with van der Waals surface area (Å²) in [6.45, 7) is 2.49. The maximum absolute atomic E-state index is 5.95. The monoisotopic (exact) mass is 297 g/mol. The summed E-state index contributed by atoms with van der Waals surface area (Å²) in [5.74, 6) is 2.03. The average molecular weight is 298 g/mol. The maximum Gasteiger partial charge on any atom is 0.219 e. The third-order valence-electron chi connectivity index (χ3n) is 2.42. The van der Waals surface area contributed by atoms with E-state index in [1.54, 1.807) is 6.07 Å². The molecule has 0 aliphatic rings. The van der Waals surface area contributed by atoms with Crippen LogP contribution in [0.3, 0.4) is 0 Å². The Morgan fingerprint density at radius 2 is 1.95 bits per heavy atom. The molecule has 100 valence electrons. The van der Waals surface area contributed by atoms with Crippen LogP contribution in [0.15, 0.2) is 36.5 Å². The number of aromatic nitrogens is 1. The highest BCUT2D eigenvalue weighted by Gasteiger charge is 2.08. The first kappa shape index (κ1) is 14.0. The molecule has 0 fully saturated rings. The first-order chi connectivity index (χ1) is 9.24. The lowest BCUT2D eigenvalue weighted by atomic mass is 10.3. The van der Waals surface area contributed by atoms with E-state index in [2.05, 4.69) is 4.98 Å². The first-order valence-corrected chi connectivity index (χ1v) is 6.76. The molecule has 0 saturated heterocycles. The molecule has 1 aromatic heterocycles. The van der Waals surface area contributed by atoms with Crippen LogP contribution in [0, 0.1) is 0 Å². The summed E-state index contributed by atoms with van der Waals surface area (Å²) in [6.07, 6.45) is 1.53. The number of ether oxygens (including phenoxy) is 2. The third kappa shape index (κ3) is 3.52. The van der Waals surface area contributed by atoms with Crippen molar-refractivity contribution in [2.75, 3.05) is 6.61 Å². The van der Waals surface area contributed by atoms with Gasteiger partial charge in [-0.25, -0.2) is 4.98 Å². The summed E-state index contributed by atoms with van der Waals surface area (Å²) in [4.78, 5) is 4.12. The number of halogens is 2. The van der Waals surface area contributed by atoms with Gasteiger partial charge in [-0.2, -0.15) is 0 Å². The Balaban J connectivity index is 2.26. The van der Waals surface area contributed by atoms with Gasteiger partial charge in [-0.3, -0.25) is 0 Å². The molecule has 0 amide bonds. The second-order valence-electron chi connectivity index (χ2n) is 3.73. The van der Waals surface area contributed by atoms with Crippen LogP contribution in [0.5, 0.6) is 17.4 Å². The number of pyridine rings is 1. The Bertz CT molecular complexity index is 561. The van der Waals surface area contributed by atoms with E-state index in [0.29, 0.717) is 34.9 Å². The zero-order valence-electron chi connectivity index (χ0n) is 10.4. The second kappa shape index (κ2) is 6.64. The SMILES string of the molecule is CCOc1ccccc1Oc1cc(CCl)c(Cl)cn1. The molecular weight excluding hydrogens is 285 g/mol. The Labute approximate surface area is 122 Å². The lowest BCUT2D eigenvalue weighted by Gasteiger charge is -2.11. The Morgan fingerprint density at radius 1 is 1.21 bits per heavy atom. The van der Waals surface area contributed by atoms with Gasteiger partial charge < -0.3 is 9.47 Å². The molecular formula is C14H13Cl2NO2. The van der Waals surface area contributed by atoms with Gasteiger partial charge in [-0.05, 0) is 24.6 Å². The van der Waals surface area contributed by atoms with Crippen LogP contribution in [-0.4, -0.2) is 11.6 Å². The molecule has 0 saturated carbocycles. The maximum atomic E-state index is 5.95. The van der Waals surface area contributed by atoms with Crippen molar-refractivity contribution in [1.29, 1.82) is 0 Å². The predicted octanol–water partition coefficient (Wildman–Crippen LogP) is 4.66. The average Bonchev–Trinajstić information content (AvgIpc) is 2.43. The summed E-state index contributed by atoms with van der Waals surface area (Å²) in [7, 11) is 0. The topological polar surface area (TPSA) is 31.4 Å². The molecule has 3 nitrogen and oxygen atoms in total. The van der Waals surface area contributed by atoms with Gasteiger partial charge in [0.15, 0.2) is 11.5 Å². The van der Waals surface area contributed by atoms with Crippen LogP contribution in [0.25, 0.3) is 0 Å². The zero-order chi connectivity index (χ0) is 13.7. The molecule has 19 heavy (non-hydrogen) atoms. The number of nitrogens with zero attached hydrogens (tertiary/aromatic N) is 1. The Morgan fingerprint density at radius 3 is 2.63 bits per heavy atom. The smallest absolute Gasteiger partial charge is 0.219 e. The largest absolute Gasteiger partial charge is 0.490 e. The quantitative estimate of drug-likeness (QED) is 0.752. The normalized spacial score (nSPS) is 10.3. The summed E-state index contributed by atoms with van der Waals surface area (Å²) in [5.41, 5.74) is 0.780. The number of hydrogen-bond acceptors (Lipinski definition) is 3. The summed E-state index contributed by atoms with van der Waals surface area (Å²) in [6, 6.07) is 9.14. The van der Waals surface area contributed by atoms with Crippen molar-refractivity contribution < 1.29 is 9.47 Å². The molecule has 0 bridgehead atoms. The minimum atomic E-state index is 0.310. The fraction of sp³-hybridized carbons (Fsp3) is 0.214. The molecule has 0 aliphatic carbocycles.